The van der Waals surface area contributed by atoms with Crippen molar-refractivity contribution in [2.45, 2.75) is 45.4 Å². The molecule has 13 heavy (non-hydrogen) atoms. The highest BCUT2D eigenvalue weighted by atomic mass is 16.1. The van der Waals surface area contributed by atoms with Crippen molar-refractivity contribution in [2.75, 3.05) is 13.1 Å². The zero-order chi connectivity index (χ0) is 9.94. The number of unbranched alkanes of at least 4 members (excludes halogenated alkanes) is 3. The molecule has 0 aliphatic rings. The molecule has 0 aliphatic heterocycles. The summed E-state index contributed by atoms with van der Waals surface area (Å²) in [5, 5.41) is 2.88. The second-order valence-corrected chi connectivity index (χ2v) is 3.30. The lowest BCUT2D eigenvalue weighted by atomic mass is 10.2. The van der Waals surface area contributed by atoms with Crippen molar-refractivity contribution in [3.05, 3.63) is 0 Å². The van der Waals surface area contributed by atoms with Crippen LogP contribution >= 0.6 is 0 Å². The van der Waals surface area contributed by atoms with Crippen molar-refractivity contribution in [3.63, 3.8) is 0 Å². The van der Waals surface area contributed by atoms with Crippen LogP contribution in [-0.2, 0) is 4.79 Å². The van der Waals surface area contributed by atoms with Crippen molar-refractivity contribution < 1.29 is 4.79 Å². The normalized spacial score (nSPS) is 10.0. The van der Waals surface area contributed by atoms with E-state index in [1.165, 1.54) is 6.42 Å². The molecule has 0 aliphatic carbocycles. The molecular formula is C10H22N2O. The molecule has 0 heterocycles. The van der Waals surface area contributed by atoms with Gasteiger partial charge in [0, 0.05) is 13.0 Å². The van der Waals surface area contributed by atoms with Crippen LogP contribution in [-0.4, -0.2) is 19.0 Å². The number of hydrogen-bond acceptors (Lipinski definition) is 2. The maximum absolute atomic E-state index is 11.1. The Morgan fingerprint density at radius 1 is 1.23 bits per heavy atom. The first-order valence-electron chi connectivity index (χ1n) is 5.28. The summed E-state index contributed by atoms with van der Waals surface area (Å²) in [4.78, 5) is 11.1. The summed E-state index contributed by atoms with van der Waals surface area (Å²) in [5.74, 6) is 0.186. The third-order valence-corrected chi connectivity index (χ3v) is 1.96. The molecule has 0 atom stereocenters. The average molecular weight is 186 g/mol. The minimum atomic E-state index is 0.186. The van der Waals surface area contributed by atoms with E-state index in [-0.39, 0.29) is 5.91 Å². The maximum Gasteiger partial charge on any atom is 0.219 e. The highest BCUT2D eigenvalue weighted by molar-refractivity contribution is 5.75. The van der Waals surface area contributed by atoms with E-state index < -0.39 is 0 Å². The van der Waals surface area contributed by atoms with Crippen LogP contribution in [0.25, 0.3) is 0 Å². The Labute approximate surface area is 81.1 Å². The van der Waals surface area contributed by atoms with Crippen LogP contribution in [0.4, 0.5) is 0 Å². The van der Waals surface area contributed by atoms with Crippen LogP contribution in [0.2, 0.25) is 0 Å². The molecule has 0 rings (SSSR count). The molecule has 0 aromatic heterocycles. The minimum Gasteiger partial charge on any atom is -0.356 e. The molecule has 0 radical (unpaired) electrons. The SMILES string of the molecule is CCCCCC(=O)NCCCCN. The van der Waals surface area contributed by atoms with E-state index in [2.05, 4.69) is 12.2 Å². The van der Waals surface area contributed by atoms with Crippen LogP contribution in [0.5, 0.6) is 0 Å². The van der Waals surface area contributed by atoms with Crippen molar-refractivity contribution >= 4 is 5.91 Å². The lowest BCUT2D eigenvalue weighted by molar-refractivity contribution is -0.121. The largest absolute Gasteiger partial charge is 0.356 e. The third-order valence-electron chi connectivity index (χ3n) is 1.96. The number of nitrogens with two attached hydrogens (primary N) is 1. The predicted molar refractivity (Wildman–Crippen MR) is 55.4 cm³/mol. The van der Waals surface area contributed by atoms with Gasteiger partial charge < -0.3 is 11.1 Å². The minimum absolute atomic E-state index is 0.186. The van der Waals surface area contributed by atoms with E-state index >= 15 is 0 Å². The van der Waals surface area contributed by atoms with Gasteiger partial charge in [-0.2, -0.15) is 0 Å². The van der Waals surface area contributed by atoms with Gasteiger partial charge in [0.2, 0.25) is 5.91 Å². The number of hydrogen-bond donors (Lipinski definition) is 2. The summed E-state index contributed by atoms with van der Waals surface area (Å²) in [5.41, 5.74) is 5.33. The lowest BCUT2D eigenvalue weighted by Gasteiger charge is -2.03. The summed E-state index contributed by atoms with van der Waals surface area (Å²) in [6.07, 6.45) is 6.00. The Balaban J connectivity index is 3.11. The number of rotatable bonds is 8. The number of nitrogens with one attached hydrogen (secondary N) is 1. The fourth-order valence-corrected chi connectivity index (χ4v) is 1.12. The first-order chi connectivity index (χ1) is 6.31. The lowest BCUT2D eigenvalue weighted by Crippen LogP contribution is -2.24. The van der Waals surface area contributed by atoms with Crippen molar-refractivity contribution in [1.82, 2.24) is 5.32 Å². The third kappa shape index (κ3) is 9.34. The Kier molecular flexibility index (Phi) is 9.10. The Hall–Kier alpha value is -0.570. The molecule has 0 spiro atoms. The van der Waals surface area contributed by atoms with Gasteiger partial charge in [0.25, 0.3) is 0 Å². The summed E-state index contributed by atoms with van der Waals surface area (Å²) < 4.78 is 0. The number of amides is 1. The van der Waals surface area contributed by atoms with Crippen LogP contribution in [0.1, 0.15) is 45.4 Å². The molecular weight excluding hydrogens is 164 g/mol. The van der Waals surface area contributed by atoms with Crippen LogP contribution in [0.3, 0.4) is 0 Å². The monoisotopic (exact) mass is 186 g/mol. The van der Waals surface area contributed by atoms with Gasteiger partial charge in [-0.15, -0.1) is 0 Å². The van der Waals surface area contributed by atoms with Gasteiger partial charge in [-0.25, -0.2) is 0 Å². The first kappa shape index (κ1) is 12.4. The molecule has 3 nitrogen and oxygen atoms in total. The van der Waals surface area contributed by atoms with E-state index in [1.54, 1.807) is 0 Å². The summed E-state index contributed by atoms with van der Waals surface area (Å²) >= 11 is 0. The number of carbonyl (C=O) groups is 1. The molecule has 0 fully saturated rings. The highest BCUT2D eigenvalue weighted by Gasteiger charge is 1.98. The molecule has 78 valence electrons. The van der Waals surface area contributed by atoms with Crippen molar-refractivity contribution in [1.29, 1.82) is 0 Å². The molecule has 0 unspecified atom stereocenters. The van der Waals surface area contributed by atoms with Crippen molar-refractivity contribution in [3.8, 4) is 0 Å². The summed E-state index contributed by atoms with van der Waals surface area (Å²) in [6, 6.07) is 0. The van der Waals surface area contributed by atoms with Gasteiger partial charge in [-0.1, -0.05) is 19.8 Å². The smallest absolute Gasteiger partial charge is 0.219 e. The number of carbonyl (C=O) groups excluding carboxylic acids is 1. The Bertz CT molecular complexity index is 126. The van der Waals surface area contributed by atoms with Crippen molar-refractivity contribution in [2.24, 2.45) is 5.73 Å². The molecule has 0 aromatic carbocycles. The second-order valence-electron chi connectivity index (χ2n) is 3.30. The van der Waals surface area contributed by atoms with Gasteiger partial charge >= 0.3 is 0 Å². The van der Waals surface area contributed by atoms with E-state index in [0.29, 0.717) is 13.0 Å². The van der Waals surface area contributed by atoms with E-state index in [9.17, 15) is 4.79 Å². The van der Waals surface area contributed by atoms with E-state index in [1.807, 2.05) is 0 Å². The zero-order valence-electron chi connectivity index (χ0n) is 8.64. The highest BCUT2D eigenvalue weighted by Crippen LogP contribution is 1.98. The quantitative estimate of drug-likeness (QED) is 0.563. The van der Waals surface area contributed by atoms with Gasteiger partial charge in [-0.05, 0) is 25.8 Å². The molecule has 0 aromatic rings. The Morgan fingerprint density at radius 3 is 2.62 bits per heavy atom. The summed E-state index contributed by atoms with van der Waals surface area (Å²) in [6.45, 7) is 3.63. The molecule has 0 saturated carbocycles. The second kappa shape index (κ2) is 9.52. The van der Waals surface area contributed by atoms with E-state index in [0.717, 1.165) is 32.2 Å². The molecule has 3 heteroatoms. The fourth-order valence-electron chi connectivity index (χ4n) is 1.12. The molecule has 1 amide bonds. The Morgan fingerprint density at radius 2 is 2.00 bits per heavy atom. The topological polar surface area (TPSA) is 55.1 Å². The zero-order valence-corrected chi connectivity index (χ0v) is 8.64. The average Bonchev–Trinajstić information content (AvgIpc) is 2.13. The van der Waals surface area contributed by atoms with Gasteiger partial charge in [0.15, 0.2) is 0 Å². The molecule has 0 bridgehead atoms. The fraction of sp³-hybridized carbons (Fsp3) is 0.900. The maximum atomic E-state index is 11.1. The molecule has 3 N–H and O–H groups in total. The van der Waals surface area contributed by atoms with Gasteiger partial charge in [0.05, 0.1) is 0 Å². The van der Waals surface area contributed by atoms with Gasteiger partial charge in [0.1, 0.15) is 0 Å². The van der Waals surface area contributed by atoms with Crippen LogP contribution < -0.4 is 11.1 Å². The summed E-state index contributed by atoms with van der Waals surface area (Å²) in [7, 11) is 0. The predicted octanol–water partition coefficient (Wildman–Crippen LogP) is 1.42. The standard InChI is InChI=1S/C10H22N2O/c1-2-3-4-7-10(13)12-9-6-5-8-11/h2-9,11H2,1H3,(H,12,13). The van der Waals surface area contributed by atoms with Crippen LogP contribution in [0.15, 0.2) is 0 Å². The van der Waals surface area contributed by atoms with Gasteiger partial charge in [-0.3, -0.25) is 4.79 Å². The molecule has 0 saturated heterocycles. The van der Waals surface area contributed by atoms with Crippen LogP contribution in [0, 0.1) is 0 Å². The first-order valence-corrected chi connectivity index (χ1v) is 5.28. The van der Waals surface area contributed by atoms with E-state index in [4.69, 9.17) is 5.73 Å².